The van der Waals surface area contributed by atoms with E-state index in [4.69, 9.17) is 28.4 Å². The molecule has 0 aromatic carbocycles. The van der Waals surface area contributed by atoms with E-state index in [2.05, 4.69) is 20.6 Å². The third kappa shape index (κ3) is 9.57. The summed E-state index contributed by atoms with van der Waals surface area (Å²) in [6.45, 7) is 6.44. The number of aliphatic hydroxyl groups is 4. The van der Waals surface area contributed by atoms with Crippen molar-refractivity contribution in [1.29, 1.82) is 0 Å². The van der Waals surface area contributed by atoms with Gasteiger partial charge >= 0.3 is 0 Å². The van der Waals surface area contributed by atoms with Crippen LogP contribution in [0.2, 0.25) is 0 Å². The molecule has 0 saturated carbocycles. The molecule has 4 N–H and O–H groups in total. The van der Waals surface area contributed by atoms with Crippen LogP contribution in [0.25, 0.3) is 0 Å². The van der Waals surface area contributed by atoms with Gasteiger partial charge in [0.1, 0.15) is 35.8 Å². The lowest BCUT2D eigenvalue weighted by molar-refractivity contribution is -0.317. The van der Waals surface area contributed by atoms with Crippen LogP contribution in [0.15, 0.2) is 12.4 Å². The van der Waals surface area contributed by atoms with Gasteiger partial charge in [-0.1, -0.05) is 10.4 Å². The highest BCUT2D eigenvalue weighted by Gasteiger charge is 2.44. The molecule has 0 bridgehead atoms. The average Bonchev–Trinajstić information content (AvgIpc) is 3.57. The predicted molar refractivity (Wildman–Crippen MR) is 126 cm³/mol. The summed E-state index contributed by atoms with van der Waals surface area (Å²) >= 11 is 0. The van der Waals surface area contributed by atoms with Crippen LogP contribution in [0.1, 0.15) is 31.3 Å². The molecule has 3 heterocycles. The maximum absolute atomic E-state index is 9.93. The van der Waals surface area contributed by atoms with Gasteiger partial charge in [-0.15, -0.1) is 10.2 Å². The van der Waals surface area contributed by atoms with Crippen molar-refractivity contribution < 1.29 is 48.8 Å². The van der Waals surface area contributed by atoms with Crippen LogP contribution in [0.4, 0.5) is 0 Å². The molecule has 38 heavy (non-hydrogen) atoms. The average molecular weight is 547 g/mol. The normalized spacial score (nSPS) is 23.9. The molecule has 5 atom stereocenters. The summed E-state index contributed by atoms with van der Waals surface area (Å²) in [6.07, 6.45) is -3.18. The molecule has 0 amide bonds. The molecule has 16 heteroatoms. The molecule has 216 valence electrons. The Labute approximate surface area is 220 Å². The topological polar surface area (TPSA) is 198 Å². The third-order valence-corrected chi connectivity index (χ3v) is 5.55. The number of hydrogen-bond donors (Lipinski definition) is 4. The van der Waals surface area contributed by atoms with Gasteiger partial charge < -0.3 is 48.8 Å². The van der Waals surface area contributed by atoms with Crippen molar-refractivity contribution in [2.24, 2.45) is 0 Å². The minimum atomic E-state index is -1.51. The molecule has 2 aromatic rings. The Morgan fingerprint density at radius 3 is 2.21 bits per heavy atom. The lowest BCUT2D eigenvalue weighted by atomic mass is 9.99. The van der Waals surface area contributed by atoms with Crippen LogP contribution in [0, 0.1) is 0 Å². The summed E-state index contributed by atoms with van der Waals surface area (Å²) in [4.78, 5) is 0. The van der Waals surface area contributed by atoms with Crippen LogP contribution in [-0.2, 0) is 48.2 Å². The van der Waals surface area contributed by atoms with Crippen LogP contribution >= 0.6 is 0 Å². The van der Waals surface area contributed by atoms with Gasteiger partial charge in [-0.25, -0.2) is 9.36 Å². The van der Waals surface area contributed by atoms with E-state index in [9.17, 15) is 20.4 Å². The molecule has 0 aliphatic carbocycles. The summed E-state index contributed by atoms with van der Waals surface area (Å²) in [7, 11) is 0. The Morgan fingerprint density at radius 2 is 1.50 bits per heavy atom. The van der Waals surface area contributed by atoms with Crippen LogP contribution < -0.4 is 0 Å². The third-order valence-electron chi connectivity index (χ3n) is 5.55. The second kappa shape index (κ2) is 16.1. The monoisotopic (exact) mass is 546 g/mol. The molecule has 3 rings (SSSR count). The van der Waals surface area contributed by atoms with Crippen molar-refractivity contribution in [2.75, 3.05) is 46.4 Å². The summed E-state index contributed by atoms with van der Waals surface area (Å²) in [5.41, 5.74) is 1.34. The number of nitrogens with zero attached hydrogens (tertiary/aromatic N) is 6. The van der Waals surface area contributed by atoms with Gasteiger partial charge in [0.25, 0.3) is 0 Å². The smallest absolute Gasteiger partial charge is 0.189 e. The second-order valence-corrected chi connectivity index (χ2v) is 8.86. The molecule has 5 unspecified atom stereocenters. The SMILES string of the molecule is CC(C)n1cc(COCCOCCOCCn2cc(COCOC3OC(CO)C(O)C(O)C3O)nn2)nn1. The fraction of sp³-hybridized carbons (Fsp3) is 0.818. The van der Waals surface area contributed by atoms with Crippen molar-refractivity contribution in [3.63, 3.8) is 0 Å². The number of hydrogen-bond acceptors (Lipinski definition) is 14. The number of aliphatic hydroxyl groups excluding tert-OH is 4. The summed E-state index contributed by atoms with van der Waals surface area (Å²) in [6, 6.07) is 0.265. The Balaban J connectivity index is 1.17. The molecule has 1 aliphatic rings. The largest absolute Gasteiger partial charge is 0.394 e. The van der Waals surface area contributed by atoms with Gasteiger partial charge in [0.15, 0.2) is 13.1 Å². The zero-order valence-corrected chi connectivity index (χ0v) is 21.6. The Hall–Kier alpha value is -2.12. The van der Waals surface area contributed by atoms with Gasteiger partial charge in [0.2, 0.25) is 0 Å². The first-order valence-corrected chi connectivity index (χ1v) is 12.4. The fourth-order valence-electron chi connectivity index (χ4n) is 3.39. The van der Waals surface area contributed by atoms with Gasteiger partial charge in [-0.05, 0) is 13.8 Å². The summed E-state index contributed by atoms with van der Waals surface area (Å²) in [5.74, 6) is 0. The molecule has 0 spiro atoms. The van der Waals surface area contributed by atoms with E-state index >= 15 is 0 Å². The number of rotatable bonds is 18. The van der Waals surface area contributed by atoms with Crippen molar-refractivity contribution in [3.05, 3.63) is 23.8 Å². The van der Waals surface area contributed by atoms with Gasteiger partial charge in [0.05, 0.1) is 71.8 Å². The lowest BCUT2D eigenvalue weighted by Gasteiger charge is -2.39. The zero-order chi connectivity index (χ0) is 27.3. The zero-order valence-electron chi connectivity index (χ0n) is 21.6. The highest BCUT2D eigenvalue weighted by Crippen LogP contribution is 2.21. The van der Waals surface area contributed by atoms with Gasteiger partial charge in [0, 0.05) is 6.04 Å². The maximum Gasteiger partial charge on any atom is 0.189 e. The van der Waals surface area contributed by atoms with E-state index in [1.165, 1.54) is 0 Å². The van der Waals surface area contributed by atoms with E-state index in [0.717, 1.165) is 5.69 Å². The molecular formula is C22H38N6O10. The lowest BCUT2D eigenvalue weighted by Crippen LogP contribution is -2.59. The highest BCUT2D eigenvalue weighted by molar-refractivity contribution is 4.91. The van der Waals surface area contributed by atoms with Crippen molar-refractivity contribution >= 4 is 0 Å². The maximum atomic E-state index is 9.93. The Morgan fingerprint density at radius 1 is 0.842 bits per heavy atom. The Kier molecular flexibility index (Phi) is 12.9. The molecule has 2 aromatic heterocycles. The van der Waals surface area contributed by atoms with Crippen LogP contribution in [-0.4, -0.2) is 128 Å². The first-order valence-electron chi connectivity index (χ1n) is 12.4. The molecule has 1 saturated heterocycles. The molecular weight excluding hydrogens is 508 g/mol. The van der Waals surface area contributed by atoms with Crippen molar-refractivity contribution in [1.82, 2.24) is 30.0 Å². The number of aromatic nitrogens is 6. The molecule has 1 aliphatic heterocycles. The van der Waals surface area contributed by atoms with E-state index in [1.807, 2.05) is 20.0 Å². The predicted octanol–water partition coefficient (Wildman–Crippen LogP) is -2.01. The van der Waals surface area contributed by atoms with E-state index in [-0.39, 0.29) is 19.4 Å². The van der Waals surface area contributed by atoms with Crippen LogP contribution in [0.5, 0.6) is 0 Å². The van der Waals surface area contributed by atoms with E-state index < -0.39 is 37.3 Å². The quantitative estimate of drug-likeness (QED) is 0.118. The first-order chi connectivity index (χ1) is 18.4. The number of ether oxygens (including phenoxy) is 6. The van der Waals surface area contributed by atoms with Crippen LogP contribution in [0.3, 0.4) is 0 Å². The van der Waals surface area contributed by atoms with E-state index in [1.54, 1.807) is 15.6 Å². The molecule has 1 fully saturated rings. The highest BCUT2D eigenvalue weighted by atomic mass is 16.8. The first kappa shape index (κ1) is 30.4. The minimum Gasteiger partial charge on any atom is -0.394 e. The second-order valence-electron chi connectivity index (χ2n) is 8.86. The van der Waals surface area contributed by atoms with Gasteiger partial charge in [-0.2, -0.15) is 0 Å². The van der Waals surface area contributed by atoms with E-state index in [0.29, 0.717) is 51.9 Å². The fourth-order valence-corrected chi connectivity index (χ4v) is 3.39. The van der Waals surface area contributed by atoms with Crippen molar-refractivity contribution in [2.45, 2.75) is 70.4 Å². The standard InChI is InChI=1S/C22H38N6O10/c1-15(2)28-10-17(24-26-28)12-35-8-7-34-6-5-33-4-3-27-9-16(23-25-27)13-36-14-37-22-21(32)20(31)19(30)18(11-29)38-22/h9-10,15,18-22,29-32H,3-8,11-14H2,1-2H3. The summed E-state index contributed by atoms with van der Waals surface area (Å²) < 4.78 is 35.8. The molecule has 16 nitrogen and oxygen atoms in total. The minimum absolute atomic E-state index is 0.0876. The Bertz CT molecular complexity index is 913. The van der Waals surface area contributed by atoms with Crippen molar-refractivity contribution in [3.8, 4) is 0 Å². The summed E-state index contributed by atoms with van der Waals surface area (Å²) in [5, 5.41) is 54.7. The molecule has 0 radical (unpaired) electrons. The van der Waals surface area contributed by atoms with Gasteiger partial charge in [-0.3, -0.25) is 0 Å².